The van der Waals surface area contributed by atoms with Crippen molar-refractivity contribution in [2.75, 3.05) is 38.3 Å². The summed E-state index contributed by atoms with van der Waals surface area (Å²) in [4.78, 5) is 4.46. The van der Waals surface area contributed by atoms with E-state index in [1.165, 1.54) is 11.8 Å². The standard InChI is InChI=1S/C13H23N3O3S2/c1-3-14-13(16-10-12-4-8-20-11-12)15-5-6-19-7-9-21(2,17)18/h4,8,11H,3,5-7,9-10H2,1-2H3,(H2,14,15,16). The van der Waals surface area contributed by atoms with E-state index in [4.69, 9.17) is 4.74 Å². The molecule has 0 atom stereocenters. The summed E-state index contributed by atoms with van der Waals surface area (Å²) in [6.07, 6.45) is 1.20. The fraction of sp³-hybridized carbons (Fsp3) is 0.615. The molecule has 0 aliphatic heterocycles. The molecule has 0 aromatic carbocycles. The number of ether oxygens (including phenoxy) is 1. The molecule has 0 fully saturated rings. The molecule has 6 nitrogen and oxygen atoms in total. The van der Waals surface area contributed by atoms with Gasteiger partial charge in [-0.3, -0.25) is 0 Å². The molecule has 0 saturated heterocycles. The minimum atomic E-state index is -2.95. The van der Waals surface area contributed by atoms with Crippen LogP contribution in [0.3, 0.4) is 0 Å². The second kappa shape index (κ2) is 9.75. The van der Waals surface area contributed by atoms with Gasteiger partial charge in [0, 0.05) is 19.3 Å². The van der Waals surface area contributed by atoms with Gasteiger partial charge in [0.2, 0.25) is 0 Å². The number of hydrogen-bond acceptors (Lipinski definition) is 5. The summed E-state index contributed by atoms with van der Waals surface area (Å²) in [5.41, 5.74) is 1.18. The van der Waals surface area contributed by atoms with Crippen molar-refractivity contribution in [3.05, 3.63) is 22.4 Å². The smallest absolute Gasteiger partial charge is 0.191 e. The highest BCUT2D eigenvalue weighted by Gasteiger charge is 2.01. The summed E-state index contributed by atoms with van der Waals surface area (Å²) >= 11 is 1.65. The lowest BCUT2D eigenvalue weighted by Crippen LogP contribution is -2.39. The largest absolute Gasteiger partial charge is 0.379 e. The van der Waals surface area contributed by atoms with Gasteiger partial charge in [0.1, 0.15) is 9.84 Å². The van der Waals surface area contributed by atoms with Gasteiger partial charge in [-0.25, -0.2) is 13.4 Å². The Hall–Kier alpha value is -1.12. The predicted molar refractivity (Wildman–Crippen MR) is 87.7 cm³/mol. The summed E-state index contributed by atoms with van der Waals surface area (Å²) in [6, 6.07) is 2.05. The Kier molecular flexibility index (Phi) is 8.33. The average molecular weight is 333 g/mol. The summed E-state index contributed by atoms with van der Waals surface area (Å²) in [5, 5.41) is 10.4. The molecule has 0 aliphatic rings. The Morgan fingerprint density at radius 1 is 1.38 bits per heavy atom. The Morgan fingerprint density at radius 3 is 2.81 bits per heavy atom. The Labute approximate surface area is 130 Å². The van der Waals surface area contributed by atoms with Crippen LogP contribution in [0.2, 0.25) is 0 Å². The average Bonchev–Trinajstić information content (AvgIpc) is 2.91. The first-order valence-electron chi connectivity index (χ1n) is 6.80. The predicted octanol–water partition coefficient (Wildman–Crippen LogP) is 0.864. The van der Waals surface area contributed by atoms with Gasteiger partial charge >= 0.3 is 0 Å². The van der Waals surface area contributed by atoms with E-state index in [1.807, 2.05) is 18.4 Å². The van der Waals surface area contributed by atoms with Gasteiger partial charge in [0.05, 0.1) is 25.5 Å². The third-order valence-electron chi connectivity index (χ3n) is 2.48. The molecule has 0 amide bonds. The van der Waals surface area contributed by atoms with Crippen LogP contribution in [0.25, 0.3) is 0 Å². The maximum atomic E-state index is 10.9. The lowest BCUT2D eigenvalue weighted by atomic mass is 10.3. The molecule has 21 heavy (non-hydrogen) atoms. The van der Waals surface area contributed by atoms with Crippen LogP contribution in [0.5, 0.6) is 0 Å². The molecule has 0 bridgehead atoms. The molecular formula is C13H23N3O3S2. The molecule has 1 rings (SSSR count). The van der Waals surface area contributed by atoms with Gasteiger partial charge in [0.25, 0.3) is 0 Å². The number of hydrogen-bond donors (Lipinski definition) is 2. The molecule has 0 spiro atoms. The van der Waals surface area contributed by atoms with Crippen molar-refractivity contribution < 1.29 is 13.2 Å². The second-order valence-electron chi connectivity index (χ2n) is 4.50. The summed E-state index contributed by atoms with van der Waals surface area (Å²) in [6.45, 7) is 4.67. The zero-order valence-corrected chi connectivity index (χ0v) is 14.1. The molecule has 0 unspecified atom stereocenters. The maximum Gasteiger partial charge on any atom is 0.191 e. The minimum absolute atomic E-state index is 0.0549. The highest BCUT2D eigenvalue weighted by molar-refractivity contribution is 7.90. The normalized spacial score (nSPS) is 12.4. The first-order chi connectivity index (χ1) is 10.0. The van der Waals surface area contributed by atoms with Crippen LogP contribution in [0.4, 0.5) is 0 Å². The van der Waals surface area contributed by atoms with Crippen LogP contribution >= 0.6 is 11.3 Å². The molecule has 0 radical (unpaired) electrons. The van der Waals surface area contributed by atoms with E-state index in [1.54, 1.807) is 11.3 Å². The number of aliphatic imine (C=N–C) groups is 1. The molecule has 1 heterocycles. The van der Waals surface area contributed by atoms with E-state index in [9.17, 15) is 8.42 Å². The van der Waals surface area contributed by atoms with E-state index < -0.39 is 9.84 Å². The first-order valence-corrected chi connectivity index (χ1v) is 9.80. The molecule has 0 aliphatic carbocycles. The molecule has 8 heteroatoms. The van der Waals surface area contributed by atoms with Crippen LogP contribution < -0.4 is 10.6 Å². The molecular weight excluding hydrogens is 310 g/mol. The topological polar surface area (TPSA) is 79.8 Å². The van der Waals surface area contributed by atoms with Crippen LogP contribution in [-0.2, 0) is 21.1 Å². The molecule has 0 saturated carbocycles. The van der Waals surface area contributed by atoms with E-state index in [0.29, 0.717) is 19.7 Å². The molecule has 1 aromatic heterocycles. The molecule has 120 valence electrons. The van der Waals surface area contributed by atoms with Crippen molar-refractivity contribution >= 4 is 27.1 Å². The molecule has 2 N–H and O–H groups in total. The minimum Gasteiger partial charge on any atom is -0.379 e. The number of thiophene rings is 1. The third-order valence-corrected chi connectivity index (χ3v) is 4.12. The summed E-state index contributed by atoms with van der Waals surface area (Å²) in [5.74, 6) is 0.787. The van der Waals surface area contributed by atoms with E-state index in [2.05, 4.69) is 21.0 Å². The van der Waals surface area contributed by atoms with E-state index in [0.717, 1.165) is 12.5 Å². The zero-order chi connectivity index (χ0) is 15.6. The van der Waals surface area contributed by atoms with Crippen molar-refractivity contribution in [2.24, 2.45) is 4.99 Å². The molecule has 1 aromatic rings. The lowest BCUT2D eigenvalue weighted by Gasteiger charge is -2.11. The number of nitrogens with one attached hydrogen (secondary N) is 2. The summed E-state index contributed by atoms with van der Waals surface area (Å²) in [7, 11) is -2.95. The fourth-order valence-corrected chi connectivity index (χ4v) is 2.53. The fourth-order valence-electron chi connectivity index (χ4n) is 1.45. The van der Waals surface area contributed by atoms with E-state index in [-0.39, 0.29) is 12.4 Å². The van der Waals surface area contributed by atoms with Crippen molar-refractivity contribution in [1.82, 2.24) is 10.6 Å². The number of nitrogens with zero attached hydrogens (tertiary/aromatic N) is 1. The van der Waals surface area contributed by atoms with Crippen molar-refractivity contribution in [3.63, 3.8) is 0 Å². The van der Waals surface area contributed by atoms with Gasteiger partial charge < -0.3 is 15.4 Å². The number of rotatable bonds is 9. The van der Waals surface area contributed by atoms with Crippen molar-refractivity contribution in [2.45, 2.75) is 13.5 Å². The van der Waals surface area contributed by atoms with Crippen LogP contribution in [0, 0.1) is 0 Å². The Balaban J connectivity index is 2.23. The Bertz CT molecular complexity index is 513. The SMILES string of the molecule is CCNC(=NCc1ccsc1)NCCOCCS(C)(=O)=O. The highest BCUT2D eigenvalue weighted by atomic mass is 32.2. The van der Waals surface area contributed by atoms with E-state index >= 15 is 0 Å². The lowest BCUT2D eigenvalue weighted by molar-refractivity contribution is 0.154. The third kappa shape index (κ3) is 9.43. The van der Waals surface area contributed by atoms with Gasteiger partial charge in [-0.1, -0.05) is 0 Å². The van der Waals surface area contributed by atoms with Crippen LogP contribution in [0.1, 0.15) is 12.5 Å². The number of guanidine groups is 1. The van der Waals surface area contributed by atoms with Crippen LogP contribution in [0.15, 0.2) is 21.8 Å². The summed E-state index contributed by atoms with van der Waals surface area (Å²) < 4.78 is 27.1. The van der Waals surface area contributed by atoms with Crippen molar-refractivity contribution in [3.8, 4) is 0 Å². The monoisotopic (exact) mass is 333 g/mol. The zero-order valence-electron chi connectivity index (χ0n) is 12.5. The Morgan fingerprint density at radius 2 is 2.19 bits per heavy atom. The van der Waals surface area contributed by atoms with Gasteiger partial charge in [-0.2, -0.15) is 11.3 Å². The van der Waals surface area contributed by atoms with Crippen molar-refractivity contribution in [1.29, 1.82) is 0 Å². The quantitative estimate of drug-likeness (QED) is 0.398. The maximum absolute atomic E-state index is 10.9. The van der Waals surface area contributed by atoms with Crippen LogP contribution in [-0.4, -0.2) is 52.7 Å². The van der Waals surface area contributed by atoms with Gasteiger partial charge in [0.15, 0.2) is 5.96 Å². The second-order valence-corrected chi connectivity index (χ2v) is 7.54. The first kappa shape index (κ1) is 17.9. The highest BCUT2D eigenvalue weighted by Crippen LogP contribution is 2.06. The van der Waals surface area contributed by atoms with Gasteiger partial charge in [-0.15, -0.1) is 0 Å². The number of sulfone groups is 1. The van der Waals surface area contributed by atoms with Gasteiger partial charge in [-0.05, 0) is 29.3 Å².